The van der Waals surface area contributed by atoms with Crippen molar-refractivity contribution in [2.75, 3.05) is 7.05 Å². The van der Waals surface area contributed by atoms with Gasteiger partial charge in [0.2, 0.25) is 11.8 Å². The van der Waals surface area contributed by atoms with Crippen LogP contribution in [-0.4, -0.2) is 35.3 Å². The Bertz CT molecular complexity index is 333. The molecule has 0 saturated carbocycles. The molecule has 0 N–H and O–H groups in total. The predicted octanol–water partition coefficient (Wildman–Crippen LogP) is -0.214. The standard InChI is InChI=1S/C10H13NO4/c1-5(12)9(6(2)13)7-4-8(14)11(3)10(7)15/h7,9H,4H2,1-3H3/t7-/m0/s1. The number of carbonyl (C=O) groups is 4. The molecule has 0 aromatic carbocycles. The average Bonchev–Trinajstić information content (AvgIpc) is 2.33. The molecule has 1 fully saturated rings. The summed E-state index contributed by atoms with van der Waals surface area (Å²) in [4.78, 5) is 46.2. The van der Waals surface area contributed by atoms with Crippen molar-refractivity contribution >= 4 is 23.4 Å². The van der Waals surface area contributed by atoms with Crippen LogP contribution in [0.2, 0.25) is 0 Å². The number of rotatable bonds is 3. The van der Waals surface area contributed by atoms with E-state index in [-0.39, 0.29) is 23.9 Å². The third kappa shape index (κ3) is 1.95. The lowest BCUT2D eigenvalue weighted by Crippen LogP contribution is -2.34. The number of likely N-dealkylation sites (tertiary alicyclic amines) is 1. The van der Waals surface area contributed by atoms with Crippen LogP contribution in [0, 0.1) is 11.8 Å². The minimum atomic E-state index is -0.966. The van der Waals surface area contributed by atoms with Crippen molar-refractivity contribution in [3.63, 3.8) is 0 Å². The smallest absolute Gasteiger partial charge is 0.233 e. The van der Waals surface area contributed by atoms with Gasteiger partial charge in [-0.15, -0.1) is 0 Å². The van der Waals surface area contributed by atoms with Crippen LogP contribution < -0.4 is 0 Å². The van der Waals surface area contributed by atoms with E-state index >= 15 is 0 Å². The van der Waals surface area contributed by atoms with Crippen LogP contribution in [0.4, 0.5) is 0 Å². The van der Waals surface area contributed by atoms with Gasteiger partial charge in [0.05, 0.1) is 11.8 Å². The van der Waals surface area contributed by atoms with Crippen molar-refractivity contribution in [1.82, 2.24) is 4.90 Å². The highest BCUT2D eigenvalue weighted by atomic mass is 16.2. The monoisotopic (exact) mass is 211 g/mol. The van der Waals surface area contributed by atoms with Crippen molar-refractivity contribution in [1.29, 1.82) is 0 Å². The van der Waals surface area contributed by atoms with Gasteiger partial charge in [-0.05, 0) is 13.8 Å². The first-order valence-corrected chi connectivity index (χ1v) is 4.67. The molecule has 2 amide bonds. The van der Waals surface area contributed by atoms with Gasteiger partial charge in [-0.2, -0.15) is 0 Å². The summed E-state index contributed by atoms with van der Waals surface area (Å²) in [6.07, 6.45) is -0.0425. The molecular formula is C10H13NO4. The van der Waals surface area contributed by atoms with Crippen LogP contribution in [0.25, 0.3) is 0 Å². The molecule has 1 aliphatic rings. The molecule has 0 radical (unpaired) electrons. The number of hydrogen-bond donors (Lipinski definition) is 0. The van der Waals surface area contributed by atoms with E-state index in [2.05, 4.69) is 0 Å². The van der Waals surface area contributed by atoms with Gasteiger partial charge in [-0.3, -0.25) is 24.1 Å². The van der Waals surface area contributed by atoms with Crippen molar-refractivity contribution in [2.24, 2.45) is 11.8 Å². The van der Waals surface area contributed by atoms with E-state index in [1.165, 1.54) is 20.9 Å². The highest BCUT2D eigenvalue weighted by Crippen LogP contribution is 2.27. The van der Waals surface area contributed by atoms with E-state index in [1.54, 1.807) is 0 Å². The number of hydrogen-bond acceptors (Lipinski definition) is 4. The summed E-state index contributed by atoms with van der Waals surface area (Å²) in [5, 5.41) is 0. The third-order valence-corrected chi connectivity index (χ3v) is 2.69. The van der Waals surface area contributed by atoms with Crippen molar-refractivity contribution in [3.8, 4) is 0 Å². The molecule has 82 valence electrons. The van der Waals surface area contributed by atoms with Gasteiger partial charge in [0.15, 0.2) is 0 Å². The maximum absolute atomic E-state index is 11.6. The van der Waals surface area contributed by atoms with Crippen molar-refractivity contribution in [3.05, 3.63) is 0 Å². The van der Waals surface area contributed by atoms with Crippen LogP contribution in [0.5, 0.6) is 0 Å². The maximum atomic E-state index is 11.6. The van der Waals surface area contributed by atoms with Gasteiger partial charge in [-0.1, -0.05) is 0 Å². The molecule has 1 rings (SSSR count). The van der Waals surface area contributed by atoms with Gasteiger partial charge in [-0.25, -0.2) is 0 Å². The molecule has 1 saturated heterocycles. The molecule has 0 aromatic rings. The van der Waals surface area contributed by atoms with Crippen LogP contribution in [0.3, 0.4) is 0 Å². The first-order valence-electron chi connectivity index (χ1n) is 4.67. The summed E-state index contributed by atoms with van der Waals surface area (Å²) in [7, 11) is 1.36. The van der Waals surface area contributed by atoms with E-state index in [0.717, 1.165) is 4.90 Å². The van der Waals surface area contributed by atoms with Gasteiger partial charge in [0, 0.05) is 13.5 Å². The summed E-state index contributed by atoms with van der Waals surface area (Å²) in [5.74, 6) is -3.25. The fourth-order valence-corrected chi connectivity index (χ4v) is 1.90. The fraction of sp³-hybridized carbons (Fsp3) is 0.600. The molecular weight excluding hydrogens is 198 g/mol. The molecule has 5 nitrogen and oxygen atoms in total. The second kappa shape index (κ2) is 3.92. The first-order chi connectivity index (χ1) is 6.86. The zero-order valence-corrected chi connectivity index (χ0v) is 8.94. The SMILES string of the molecule is CC(=O)C(C(C)=O)[C@@H]1CC(=O)N(C)C1=O. The Morgan fingerprint density at radius 2 is 1.73 bits per heavy atom. The number of imide groups is 1. The molecule has 15 heavy (non-hydrogen) atoms. The summed E-state index contributed by atoms with van der Waals surface area (Å²) in [6, 6.07) is 0. The summed E-state index contributed by atoms with van der Waals surface area (Å²) < 4.78 is 0. The number of nitrogens with zero attached hydrogens (tertiary/aromatic N) is 1. The highest BCUT2D eigenvalue weighted by Gasteiger charge is 2.44. The Kier molecular flexibility index (Phi) is 3.02. The van der Waals surface area contributed by atoms with Crippen molar-refractivity contribution in [2.45, 2.75) is 20.3 Å². The molecule has 0 aromatic heterocycles. The molecule has 1 atom stereocenters. The largest absolute Gasteiger partial charge is 0.299 e. The molecule has 0 bridgehead atoms. The third-order valence-electron chi connectivity index (χ3n) is 2.69. The zero-order valence-electron chi connectivity index (χ0n) is 8.94. The Morgan fingerprint density at radius 3 is 2.00 bits per heavy atom. The van der Waals surface area contributed by atoms with Gasteiger partial charge in [0.1, 0.15) is 11.6 Å². The van der Waals surface area contributed by atoms with E-state index in [4.69, 9.17) is 0 Å². The molecule has 0 spiro atoms. The summed E-state index contributed by atoms with van der Waals surface area (Å²) in [6.45, 7) is 2.53. The highest BCUT2D eigenvalue weighted by molar-refractivity contribution is 6.10. The lowest BCUT2D eigenvalue weighted by molar-refractivity contribution is -0.142. The topological polar surface area (TPSA) is 71.5 Å². The van der Waals surface area contributed by atoms with Gasteiger partial charge >= 0.3 is 0 Å². The molecule has 0 aliphatic carbocycles. The van der Waals surface area contributed by atoms with Crippen LogP contribution in [0.1, 0.15) is 20.3 Å². The minimum absolute atomic E-state index is 0.0425. The predicted molar refractivity (Wildman–Crippen MR) is 50.7 cm³/mol. The molecule has 0 unspecified atom stereocenters. The zero-order chi connectivity index (χ0) is 11.7. The summed E-state index contributed by atoms with van der Waals surface area (Å²) in [5.41, 5.74) is 0. The number of carbonyl (C=O) groups excluding carboxylic acids is 4. The Labute approximate surface area is 87.4 Å². The number of amides is 2. The fourth-order valence-electron chi connectivity index (χ4n) is 1.90. The molecule has 1 aliphatic heterocycles. The molecule has 5 heteroatoms. The van der Waals surface area contributed by atoms with Crippen LogP contribution >= 0.6 is 0 Å². The summed E-state index contributed by atoms with van der Waals surface area (Å²) >= 11 is 0. The van der Waals surface area contributed by atoms with E-state index < -0.39 is 17.7 Å². The second-order valence-electron chi connectivity index (χ2n) is 3.80. The first kappa shape index (κ1) is 11.6. The van der Waals surface area contributed by atoms with E-state index in [0.29, 0.717) is 0 Å². The molecule has 1 heterocycles. The van der Waals surface area contributed by atoms with Gasteiger partial charge < -0.3 is 0 Å². The Morgan fingerprint density at radius 1 is 1.27 bits per heavy atom. The maximum Gasteiger partial charge on any atom is 0.233 e. The average molecular weight is 211 g/mol. The van der Waals surface area contributed by atoms with Gasteiger partial charge in [0.25, 0.3) is 0 Å². The minimum Gasteiger partial charge on any atom is -0.299 e. The van der Waals surface area contributed by atoms with E-state index in [9.17, 15) is 19.2 Å². The Balaban J connectivity index is 2.97. The lowest BCUT2D eigenvalue weighted by Gasteiger charge is -2.15. The quantitative estimate of drug-likeness (QED) is 0.478. The number of ketones is 2. The number of Topliss-reactive ketones (excluding diaryl/α,β-unsaturated/α-hetero) is 2. The van der Waals surface area contributed by atoms with E-state index in [1.807, 2.05) is 0 Å². The normalized spacial score (nSPS) is 21.3. The van der Waals surface area contributed by atoms with Crippen LogP contribution in [-0.2, 0) is 19.2 Å². The Hall–Kier alpha value is -1.52. The van der Waals surface area contributed by atoms with Crippen LogP contribution in [0.15, 0.2) is 0 Å². The lowest BCUT2D eigenvalue weighted by atomic mass is 9.85. The second-order valence-corrected chi connectivity index (χ2v) is 3.80. The van der Waals surface area contributed by atoms with Crippen molar-refractivity contribution < 1.29 is 19.2 Å².